The largest absolute Gasteiger partial charge is 0.497 e. The quantitative estimate of drug-likeness (QED) is 0.878. The highest BCUT2D eigenvalue weighted by atomic mass is 16.5. The average molecular weight is 247 g/mol. The SMILES string of the molecule is COc1ccc(CNc2cnn(C)c2)c(OC)c1. The standard InChI is InChI=1S/C13H17N3O2/c1-16-9-11(8-15-16)14-7-10-4-5-12(17-2)6-13(10)18-3/h4-6,8-9,14H,7H2,1-3H3. The van der Waals surface area contributed by atoms with Gasteiger partial charge in [-0.25, -0.2) is 0 Å². The second-order valence-corrected chi connectivity index (χ2v) is 3.93. The smallest absolute Gasteiger partial charge is 0.127 e. The van der Waals surface area contributed by atoms with E-state index in [9.17, 15) is 0 Å². The molecule has 0 spiro atoms. The molecule has 0 radical (unpaired) electrons. The predicted octanol–water partition coefficient (Wildman–Crippen LogP) is 2.05. The number of rotatable bonds is 5. The Hall–Kier alpha value is -2.17. The maximum absolute atomic E-state index is 5.34. The molecule has 1 N–H and O–H groups in total. The summed E-state index contributed by atoms with van der Waals surface area (Å²) in [7, 11) is 5.18. The number of ether oxygens (including phenoxy) is 2. The van der Waals surface area contributed by atoms with E-state index in [2.05, 4.69) is 10.4 Å². The molecule has 0 amide bonds. The zero-order valence-corrected chi connectivity index (χ0v) is 10.8. The lowest BCUT2D eigenvalue weighted by Crippen LogP contribution is -2.01. The van der Waals surface area contributed by atoms with Crippen LogP contribution in [0.15, 0.2) is 30.6 Å². The number of hydrogen-bond acceptors (Lipinski definition) is 4. The van der Waals surface area contributed by atoms with Crippen molar-refractivity contribution in [2.75, 3.05) is 19.5 Å². The van der Waals surface area contributed by atoms with Crippen molar-refractivity contribution in [3.63, 3.8) is 0 Å². The van der Waals surface area contributed by atoms with Crippen LogP contribution in [0.1, 0.15) is 5.56 Å². The zero-order chi connectivity index (χ0) is 13.0. The lowest BCUT2D eigenvalue weighted by atomic mass is 10.2. The molecule has 1 aromatic heterocycles. The Morgan fingerprint density at radius 3 is 2.72 bits per heavy atom. The van der Waals surface area contributed by atoms with Gasteiger partial charge in [0.1, 0.15) is 11.5 Å². The van der Waals surface area contributed by atoms with Gasteiger partial charge in [0.2, 0.25) is 0 Å². The van der Waals surface area contributed by atoms with E-state index in [1.54, 1.807) is 25.1 Å². The van der Waals surface area contributed by atoms with E-state index < -0.39 is 0 Å². The highest BCUT2D eigenvalue weighted by Gasteiger charge is 2.05. The third-order valence-electron chi connectivity index (χ3n) is 2.68. The minimum atomic E-state index is 0.679. The van der Waals surface area contributed by atoms with Gasteiger partial charge < -0.3 is 14.8 Å². The van der Waals surface area contributed by atoms with Crippen molar-refractivity contribution in [3.05, 3.63) is 36.2 Å². The summed E-state index contributed by atoms with van der Waals surface area (Å²) < 4.78 is 12.3. The molecule has 0 aliphatic heterocycles. The molecule has 0 saturated carbocycles. The van der Waals surface area contributed by atoms with Crippen LogP contribution in [-0.2, 0) is 13.6 Å². The van der Waals surface area contributed by atoms with Gasteiger partial charge in [0, 0.05) is 31.4 Å². The Morgan fingerprint density at radius 1 is 1.28 bits per heavy atom. The summed E-state index contributed by atoms with van der Waals surface area (Å²) in [4.78, 5) is 0. The van der Waals surface area contributed by atoms with Crippen molar-refractivity contribution in [2.45, 2.75) is 6.54 Å². The predicted molar refractivity (Wildman–Crippen MR) is 70.1 cm³/mol. The van der Waals surface area contributed by atoms with Crippen LogP contribution in [0.3, 0.4) is 0 Å². The molecule has 5 nitrogen and oxygen atoms in total. The minimum absolute atomic E-state index is 0.679. The molecule has 0 saturated heterocycles. The fourth-order valence-electron chi connectivity index (χ4n) is 1.71. The molecule has 0 aliphatic carbocycles. The molecule has 0 fully saturated rings. The minimum Gasteiger partial charge on any atom is -0.497 e. The fraction of sp³-hybridized carbons (Fsp3) is 0.308. The van der Waals surface area contributed by atoms with E-state index in [0.717, 1.165) is 22.7 Å². The van der Waals surface area contributed by atoms with Gasteiger partial charge in [0.15, 0.2) is 0 Å². The van der Waals surface area contributed by atoms with E-state index in [0.29, 0.717) is 6.54 Å². The molecule has 0 atom stereocenters. The van der Waals surface area contributed by atoms with Crippen molar-refractivity contribution in [1.29, 1.82) is 0 Å². The number of nitrogens with zero attached hydrogens (tertiary/aromatic N) is 2. The Kier molecular flexibility index (Phi) is 3.72. The first-order valence-electron chi connectivity index (χ1n) is 5.66. The van der Waals surface area contributed by atoms with Crippen molar-refractivity contribution in [1.82, 2.24) is 9.78 Å². The van der Waals surface area contributed by atoms with E-state index in [1.165, 1.54) is 0 Å². The number of aromatic nitrogens is 2. The van der Waals surface area contributed by atoms with E-state index in [4.69, 9.17) is 9.47 Å². The molecule has 18 heavy (non-hydrogen) atoms. The Balaban J connectivity index is 2.08. The van der Waals surface area contributed by atoms with Gasteiger partial charge in [0.05, 0.1) is 26.1 Å². The van der Waals surface area contributed by atoms with Crippen LogP contribution in [0.5, 0.6) is 11.5 Å². The maximum atomic E-state index is 5.34. The van der Waals surface area contributed by atoms with Crippen LogP contribution >= 0.6 is 0 Å². The summed E-state index contributed by atoms with van der Waals surface area (Å²) >= 11 is 0. The third kappa shape index (κ3) is 2.74. The lowest BCUT2D eigenvalue weighted by Gasteiger charge is -2.11. The first-order valence-corrected chi connectivity index (χ1v) is 5.66. The van der Waals surface area contributed by atoms with Gasteiger partial charge in [-0.2, -0.15) is 5.10 Å². The highest BCUT2D eigenvalue weighted by molar-refractivity contribution is 5.45. The highest BCUT2D eigenvalue weighted by Crippen LogP contribution is 2.25. The average Bonchev–Trinajstić information content (AvgIpc) is 2.82. The third-order valence-corrected chi connectivity index (χ3v) is 2.68. The summed E-state index contributed by atoms with van der Waals surface area (Å²) in [5.41, 5.74) is 2.05. The summed E-state index contributed by atoms with van der Waals surface area (Å²) in [5, 5.41) is 7.39. The molecule has 96 valence electrons. The zero-order valence-electron chi connectivity index (χ0n) is 10.8. The summed E-state index contributed by atoms with van der Waals surface area (Å²) in [5.74, 6) is 1.60. The molecule has 0 aliphatic rings. The van der Waals surface area contributed by atoms with Gasteiger partial charge in [0.25, 0.3) is 0 Å². The molecule has 2 aromatic rings. The molecular weight excluding hydrogens is 230 g/mol. The van der Waals surface area contributed by atoms with Gasteiger partial charge in [-0.15, -0.1) is 0 Å². The lowest BCUT2D eigenvalue weighted by molar-refractivity contribution is 0.391. The summed E-state index contributed by atoms with van der Waals surface area (Å²) in [6.07, 6.45) is 3.71. The van der Waals surface area contributed by atoms with Crippen LogP contribution in [0.25, 0.3) is 0 Å². The molecule has 5 heteroatoms. The van der Waals surface area contributed by atoms with E-state index >= 15 is 0 Å². The van der Waals surface area contributed by atoms with Crippen LogP contribution in [-0.4, -0.2) is 24.0 Å². The van der Waals surface area contributed by atoms with E-state index in [1.807, 2.05) is 31.4 Å². The summed E-state index contributed by atoms with van der Waals surface area (Å²) in [6, 6.07) is 5.78. The number of aryl methyl sites for hydroxylation is 1. The maximum Gasteiger partial charge on any atom is 0.127 e. The van der Waals surface area contributed by atoms with Crippen molar-refractivity contribution < 1.29 is 9.47 Å². The molecular formula is C13H17N3O2. The van der Waals surface area contributed by atoms with E-state index in [-0.39, 0.29) is 0 Å². The van der Waals surface area contributed by atoms with Gasteiger partial charge in [-0.3, -0.25) is 4.68 Å². The number of benzene rings is 1. The van der Waals surface area contributed by atoms with Gasteiger partial charge in [-0.05, 0) is 12.1 Å². The first-order chi connectivity index (χ1) is 8.72. The molecule has 0 bridgehead atoms. The second kappa shape index (κ2) is 5.44. The van der Waals surface area contributed by atoms with Crippen molar-refractivity contribution in [3.8, 4) is 11.5 Å². The molecule has 1 heterocycles. The molecule has 1 aromatic carbocycles. The van der Waals surface area contributed by atoms with Gasteiger partial charge >= 0.3 is 0 Å². The van der Waals surface area contributed by atoms with Crippen LogP contribution < -0.4 is 14.8 Å². The molecule has 0 unspecified atom stereocenters. The Labute approximate surface area is 106 Å². The number of hydrogen-bond donors (Lipinski definition) is 1. The summed E-state index contributed by atoms with van der Waals surface area (Å²) in [6.45, 7) is 0.679. The van der Waals surface area contributed by atoms with Crippen LogP contribution in [0.4, 0.5) is 5.69 Å². The number of nitrogens with one attached hydrogen (secondary N) is 1. The second-order valence-electron chi connectivity index (χ2n) is 3.93. The van der Waals surface area contributed by atoms with Gasteiger partial charge in [-0.1, -0.05) is 0 Å². The van der Waals surface area contributed by atoms with Crippen molar-refractivity contribution >= 4 is 5.69 Å². The van der Waals surface area contributed by atoms with Crippen LogP contribution in [0, 0.1) is 0 Å². The monoisotopic (exact) mass is 247 g/mol. The first kappa shape index (κ1) is 12.3. The normalized spacial score (nSPS) is 10.2. The number of anilines is 1. The molecule has 2 rings (SSSR count). The number of methoxy groups -OCH3 is 2. The van der Waals surface area contributed by atoms with Crippen LogP contribution in [0.2, 0.25) is 0 Å². The fourth-order valence-corrected chi connectivity index (χ4v) is 1.71. The van der Waals surface area contributed by atoms with Crippen molar-refractivity contribution in [2.24, 2.45) is 7.05 Å². The Bertz CT molecular complexity index is 523. The Morgan fingerprint density at radius 2 is 2.11 bits per heavy atom. The topological polar surface area (TPSA) is 48.3 Å².